The lowest BCUT2D eigenvalue weighted by Crippen LogP contribution is -2.31. The van der Waals surface area contributed by atoms with Gasteiger partial charge in [-0.1, -0.05) is 52.7 Å². The maximum atomic E-state index is 12.6. The first kappa shape index (κ1) is 19.6. The van der Waals surface area contributed by atoms with Crippen molar-refractivity contribution < 1.29 is 9.53 Å². The lowest BCUT2D eigenvalue weighted by atomic mass is 10.1. The Kier molecular flexibility index (Phi) is 6.29. The van der Waals surface area contributed by atoms with Gasteiger partial charge in [-0.2, -0.15) is 0 Å². The van der Waals surface area contributed by atoms with Crippen LogP contribution in [0.3, 0.4) is 0 Å². The first-order chi connectivity index (χ1) is 13.0. The van der Waals surface area contributed by atoms with E-state index in [0.29, 0.717) is 29.7 Å². The largest absolute Gasteiger partial charge is 0.488 e. The summed E-state index contributed by atoms with van der Waals surface area (Å²) in [7, 11) is 0. The predicted molar refractivity (Wildman–Crippen MR) is 115 cm³/mol. The number of hydrogen-bond donors (Lipinski definition) is 1. The van der Waals surface area contributed by atoms with Crippen molar-refractivity contribution in [2.75, 3.05) is 6.54 Å². The molecule has 1 heterocycles. The van der Waals surface area contributed by atoms with E-state index in [1.807, 2.05) is 25.1 Å². The zero-order valence-corrected chi connectivity index (χ0v) is 17.7. The highest BCUT2D eigenvalue weighted by molar-refractivity contribution is 9.10. The van der Waals surface area contributed by atoms with Gasteiger partial charge in [0.05, 0.1) is 0 Å². The first-order valence-electron chi connectivity index (χ1n) is 8.80. The van der Waals surface area contributed by atoms with E-state index >= 15 is 0 Å². The minimum atomic E-state index is -0.105. The summed E-state index contributed by atoms with van der Waals surface area (Å²) in [5, 5.41) is 3.46. The second-order valence-electron chi connectivity index (χ2n) is 6.40. The lowest BCUT2D eigenvalue weighted by Gasteiger charge is -2.12. The van der Waals surface area contributed by atoms with E-state index in [1.54, 1.807) is 11.0 Å². The van der Waals surface area contributed by atoms with E-state index in [-0.39, 0.29) is 5.91 Å². The van der Waals surface area contributed by atoms with Gasteiger partial charge in [-0.15, -0.1) is 0 Å². The van der Waals surface area contributed by atoms with Gasteiger partial charge in [-0.3, -0.25) is 9.69 Å². The Morgan fingerprint density at radius 3 is 2.67 bits per heavy atom. The minimum Gasteiger partial charge on any atom is -0.488 e. The van der Waals surface area contributed by atoms with Crippen LogP contribution in [0, 0.1) is 6.92 Å². The Bertz CT molecular complexity index is 894. The van der Waals surface area contributed by atoms with Crippen molar-refractivity contribution in [1.82, 2.24) is 10.2 Å². The maximum Gasteiger partial charge on any atom is 0.276 e. The molecule has 0 unspecified atom stereocenters. The number of carbonyl (C=O) groups excluding carboxylic acids is 1. The molecule has 27 heavy (non-hydrogen) atoms. The molecule has 2 aromatic rings. The molecule has 0 atom stereocenters. The van der Waals surface area contributed by atoms with Gasteiger partial charge in [0, 0.05) is 16.6 Å². The number of hydrogen-bond acceptors (Lipinski definition) is 3. The minimum absolute atomic E-state index is 0.105. The number of halogens is 1. The molecule has 1 saturated heterocycles. The van der Waals surface area contributed by atoms with Crippen LogP contribution in [-0.4, -0.2) is 22.5 Å². The molecule has 0 spiro atoms. The molecule has 4 nitrogen and oxygen atoms in total. The number of rotatable bonds is 6. The summed E-state index contributed by atoms with van der Waals surface area (Å²) < 4.78 is 6.93. The molecule has 1 aliphatic heterocycles. The Hall–Kier alpha value is -2.18. The van der Waals surface area contributed by atoms with E-state index in [1.165, 1.54) is 5.56 Å². The van der Waals surface area contributed by atoms with Crippen molar-refractivity contribution in [1.29, 1.82) is 0 Å². The normalized spacial score (nSPS) is 15.4. The van der Waals surface area contributed by atoms with E-state index in [4.69, 9.17) is 17.0 Å². The summed E-state index contributed by atoms with van der Waals surface area (Å²) in [6.07, 6.45) is 2.64. The predicted octanol–water partition coefficient (Wildman–Crippen LogP) is 4.80. The van der Waals surface area contributed by atoms with Crippen molar-refractivity contribution in [3.63, 3.8) is 0 Å². The highest BCUT2D eigenvalue weighted by Gasteiger charge is 2.29. The Morgan fingerprint density at radius 2 is 1.96 bits per heavy atom. The van der Waals surface area contributed by atoms with E-state index in [2.05, 4.69) is 52.4 Å². The molecule has 1 amide bonds. The standard InChI is InChI=1S/C21H21BrN2O2S/c1-3-10-24-20(25)18(23-21(24)27)12-16-11-17(22)8-9-19(16)26-13-15-6-4-14(2)5-7-15/h4-9,11-12H,3,10,13H2,1-2H3,(H,23,27). The van der Waals surface area contributed by atoms with Gasteiger partial charge in [0.25, 0.3) is 5.91 Å². The van der Waals surface area contributed by atoms with Crippen LogP contribution in [0.5, 0.6) is 5.75 Å². The fraction of sp³-hybridized carbons (Fsp3) is 0.238. The Labute approximate surface area is 173 Å². The smallest absolute Gasteiger partial charge is 0.276 e. The maximum absolute atomic E-state index is 12.6. The number of ether oxygens (including phenoxy) is 1. The molecule has 3 rings (SSSR count). The van der Waals surface area contributed by atoms with Crippen LogP contribution in [0.15, 0.2) is 52.6 Å². The van der Waals surface area contributed by atoms with Crippen LogP contribution >= 0.6 is 28.1 Å². The number of amides is 1. The van der Waals surface area contributed by atoms with Crippen LogP contribution in [0.1, 0.15) is 30.0 Å². The quantitative estimate of drug-likeness (QED) is 0.512. The van der Waals surface area contributed by atoms with Crippen LogP contribution in [-0.2, 0) is 11.4 Å². The van der Waals surface area contributed by atoms with Gasteiger partial charge in [0.2, 0.25) is 0 Å². The van der Waals surface area contributed by atoms with Crippen LogP contribution in [0.4, 0.5) is 0 Å². The third-order valence-electron chi connectivity index (χ3n) is 4.20. The molecule has 0 radical (unpaired) electrons. The monoisotopic (exact) mass is 444 g/mol. The van der Waals surface area contributed by atoms with Crippen molar-refractivity contribution in [3.05, 3.63) is 69.3 Å². The van der Waals surface area contributed by atoms with Gasteiger partial charge >= 0.3 is 0 Å². The lowest BCUT2D eigenvalue weighted by molar-refractivity contribution is -0.122. The molecule has 0 bridgehead atoms. The average molecular weight is 445 g/mol. The van der Waals surface area contributed by atoms with Crippen LogP contribution < -0.4 is 10.1 Å². The van der Waals surface area contributed by atoms with Gasteiger partial charge in [-0.25, -0.2) is 0 Å². The molecular formula is C21H21BrN2O2S. The number of nitrogens with zero attached hydrogens (tertiary/aromatic N) is 1. The molecule has 1 aliphatic rings. The number of nitrogens with one attached hydrogen (secondary N) is 1. The average Bonchev–Trinajstić information content (AvgIpc) is 2.90. The highest BCUT2D eigenvalue weighted by atomic mass is 79.9. The van der Waals surface area contributed by atoms with Crippen LogP contribution in [0.2, 0.25) is 0 Å². The number of benzene rings is 2. The summed E-state index contributed by atoms with van der Waals surface area (Å²) in [6.45, 7) is 5.14. The number of thiocarbonyl (C=S) groups is 1. The Balaban J connectivity index is 1.83. The van der Waals surface area contributed by atoms with Gasteiger partial charge in [0.1, 0.15) is 18.1 Å². The SMILES string of the molecule is CCCN1C(=O)C(=Cc2cc(Br)ccc2OCc2ccc(C)cc2)NC1=S. The fourth-order valence-corrected chi connectivity index (χ4v) is 3.43. The first-order valence-corrected chi connectivity index (χ1v) is 10.0. The van der Waals surface area contributed by atoms with Crippen molar-refractivity contribution in [3.8, 4) is 5.75 Å². The summed E-state index contributed by atoms with van der Waals surface area (Å²) in [5.41, 5.74) is 3.58. The molecular weight excluding hydrogens is 424 g/mol. The van der Waals surface area contributed by atoms with Crippen molar-refractivity contribution in [2.24, 2.45) is 0 Å². The van der Waals surface area contributed by atoms with Gasteiger partial charge in [0.15, 0.2) is 5.11 Å². The second kappa shape index (κ2) is 8.67. The molecule has 1 fully saturated rings. The fourth-order valence-electron chi connectivity index (χ4n) is 2.76. The molecule has 2 aromatic carbocycles. The molecule has 1 N–H and O–H groups in total. The van der Waals surface area contributed by atoms with E-state index in [0.717, 1.165) is 22.0 Å². The summed E-state index contributed by atoms with van der Waals surface area (Å²) in [4.78, 5) is 14.2. The van der Waals surface area contributed by atoms with Crippen molar-refractivity contribution >= 4 is 45.2 Å². The molecule has 0 saturated carbocycles. The summed E-state index contributed by atoms with van der Waals surface area (Å²) >= 11 is 8.76. The topological polar surface area (TPSA) is 41.6 Å². The Morgan fingerprint density at radius 1 is 1.22 bits per heavy atom. The number of carbonyl (C=O) groups is 1. The third kappa shape index (κ3) is 4.76. The summed E-state index contributed by atoms with van der Waals surface area (Å²) in [6, 6.07) is 14.0. The molecule has 140 valence electrons. The van der Waals surface area contributed by atoms with Gasteiger partial charge < -0.3 is 10.1 Å². The van der Waals surface area contributed by atoms with E-state index < -0.39 is 0 Å². The molecule has 6 heteroatoms. The van der Waals surface area contributed by atoms with E-state index in [9.17, 15) is 4.79 Å². The second-order valence-corrected chi connectivity index (χ2v) is 7.70. The highest BCUT2D eigenvalue weighted by Crippen LogP contribution is 2.27. The number of aryl methyl sites for hydroxylation is 1. The third-order valence-corrected chi connectivity index (χ3v) is 5.01. The van der Waals surface area contributed by atoms with Gasteiger partial charge in [-0.05, 0) is 55.4 Å². The summed E-state index contributed by atoms with van der Waals surface area (Å²) in [5.74, 6) is 0.604. The zero-order valence-electron chi connectivity index (χ0n) is 15.3. The zero-order chi connectivity index (χ0) is 19.4. The molecule has 0 aromatic heterocycles. The molecule has 0 aliphatic carbocycles. The van der Waals surface area contributed by atoms with Crippen LogP contribution in [0.25, 0.3) is 6.08 Å². The van der Waals surface area contributed by atoms with Crippen molar-refractivity contribution in [2.45, 2.75) is 26.9 Å².